The molecule has 1 saturated heterocycles. The van der Waals surface area contributed by atoms with Crippen LogP contribution in [-0.2, 0) is 11.7 Å². The largest absolute Gasteiger partial charge is 0.338 e. The molecule has 28 heavy (non-hydrogen) atoms. The molecule has 0 N–H and O–H groups in total. The van der Waals surface area contributed by atoms with Gasteiger partial charge in [0.1, 0.15) is 7.28 Å². The van der Waals surface area contributed by atoms with Gasteiger partial charge in [0.05, 0.1) is 11.4 Å². The molecule has 4 rings (SSSR count). The third kappa shape index (κ3) is 3.41. The van der Waals surface area contributed by atoms with Crippen LogP contribution in [0.15, 0.2) is 0 Å². The first-order chi connectivity index (χ1) is 13.4. The quantitative estimate of drug-likeness (QED) is 0.606. The van der Waals surface area contributed by atoms with Crippen LogP contribution >= 0.6 is 0 Å². The van der Waals surface area contributed by atoms with Crippen molar-refractivity contribution in [2.24, 2.45) is 5.92 Å². The Labute approximate surface area is 175 Å². The third-order valence-electron chi connectivity index (χ3n) is 8.32. The second-order valence-corrected chi connectivity index (χ2v) is 10.7. The average molecular weight is 378 g/mol. The van der Waals surface area contributed by atoms with E-state index in [9.17, 15) is 0 Å². The summed E-state index contributed by atoms with van der Waals surface area (Å²) in [6.45, 7) is 11.9. The normalized spacial score (nSPS) is 31.2. The fourth-order valence-electron chi connectivity index (χ4n) is 6.53. The zero-order valence-corrected chi connectivity index (χ0v) is 19.1. The van der Waals surface area contributed by atoms with Gasteiger partial charge in [-0.1, -0.05) is 89.7 Å². The Morgan fingerprint density at radius 1 is 1.00 bits per heavy atom. The fourth-order valence-corrected chi connectivity index (χ4v) is 6.53. The summed E-state index contributed by atoms with van der Waals surface area (Å²) in [5, 5.41) is 0.595. The predicted octanol–water partition coefficient (Wildman–Crippen LogP) is 5.80. The van der Waals surface area contributed by atoms with Crippen molar-refractivity contribution in [3.8, 4) is 0 Å². The number of aromatic nitrogens is 2. The highest BCUT2D eigenvalue weighted by atomic mass is 15.1. The number of imidazole rings is 1. The third-order valence-corrected chi connectivity index (χ3v) is 8.32. The molecular weight excluding hydrogens is 338 g/mol. The number of hydrogen-bond donors (Lipinski definition) is 0. The van der Waals surface area contributed by atoms with Gasteiger partial charge in [0.2, 0.25) is 7.28 Å². The lowest BCUT2D eigenvalue weighted by Crippen LogP contribution is -2.32. The van der Waals surface area contributed by atoms with E-state index in [0.717, 1.165) is 0 Å². The maximum atomic E-state index is 5.36. The average Bonchev–Trinajstić information content (AvgIpc) is 3.14. The predicted molar refractivity (Wildman–Crippen MR) is 122 cm³/mol. The summed E-state index contributed by atoms with van der Waals surface area (Å²) in [4.78, 5) is 5.36. The molecule has 4 heteroatoms. The summed E-state index contributed by atoms with van der Waals surface area (Å²) >= 11 is 0. The van der Waals surface area contributed by atoms with Crippen LogP contribution in [0.25, 0.3) is 0 Å². The number of nitrogens with zero attached hydrogens (tertiary/aromatic N) is 2. The number of rotatable bonds is 4. The smallest absolute Gasteiger partial charge is 0.205 e. The molecule has 2 unspecified atom stereocenters. The molecule has 0 aromatic carbocycles. The van der Waals surface area contributed by atoms with E-state index >= 15 is 0 Å². The van der Waals surface area contributed by atoms with Gasteiger partial charge in [-0.15, -0.1) is 0 Å². The van der Waals surface area contributed by atoms with Gasteiger partial charge in [0, 0.05) is 11.7 Å². The van der Waals surface area contributed by atoms with Gasteiger partial charge < -0.3 is 4.57 Å². The van der Waals surface area contributed by atoms with Crippen LogP contribution in [0.2, 0.25) is 11.1 Å². The van der Waals surface area contributed by atoms with Crippen LogP contribution < -0.4 is 5.72 Å². The van der Waals surface area contributed by atoms with Crippen LogP contribution in [0.1, 0.15) is 116 Å². The Bertz CT molecular complexity index is 685. The summed E-state index contributed by atoms with van der Waals surface area (Å²) in [6, 6.07) is 0.496. The molecule has 1 saturated carbocycles. The molecule has 3 aliphatic rings. The van der Waals surface area contributed by atoms with Gasteiger partial charge in [-0.25, -0.2) is 4.98 Å². The molecule has 2 aliphatic carbocycles. The summed E-state index contributed by atoms with van der Waals surface area (Å²) in [6.07, 6.45) is 15.2. The van der Waals surface area contributed by atoms with Crippen molar-refractivity contribution >= 4 is 20.3 Å². The zero-order chi connectivity index (χ0) is 19.9. The molecule has 2 atom stereocenters. The first kappa shape index (κ1) is 20.6. The standard InChI is InChI=1S/C24H40B2N2/c1-17(2)24-16-15-20-21(23(24,5)26-24)27-22(28(20)18(3)4)25-19-13-11-9-7-6-8-10-12-14-19/h17-19H,6-16H2,1-5H3. The molecular formula is C24H40B2N2. The van der Waals surface area contributed by atoms with Crippen molar-refractivity contribution in [2.45, 2.75) is 128 Å². The van der Waals surface area contributed by atoms with Crippen LogP contribution in [0.5, 0.6) is 0 Å². The van der Waals surface area contributed by atoms with E-state index in [1.807, 2.05) is 0 Å². The van der Waals surface area contributed by atoms with E-state index in [-0.39, 0.29) is 5.31 Å². The second kappa shape index (κ2) is 7.88. The van der Waals surface area contributed by atoms with Gasteiger partial charge in [-0.3, -0.25) is 0 Å². The second-order valence-electron chi connectivity index (χ2n) is 10.7. The highest BCUT2D eigenvalue weighted by Crippen LogP contribution is 2.71. The highest BCUT2D eigenvalue weighted by molar-refractivity contribution is 6.60. The van der Waals surface area contributed by atoms with Crippen molar-refractivity contribution in [2.75, 3.05) is 0 Å². The van der Waals surface area contributed by atoms with E-state index in [4.69, 9.17) is 4.98 Å². The van der Waals surface area contributed by atoms with Crippen molar-refractivity contribution in [3.63, 3.8) is 0 Å². The van der Waals surface area contributed by atoms with E-state index in [2.05, 4.69) is 53.7 Å². The Morgan fingerprint density at radius 3 is 2.18 bits per heavy atom. The molecule has 1 aromatic heterocycles. The summed E-state index contributed by atoms with van der Waals surface area (Å²) in [7, 11) is 5.20. The van der Waals surface area contributed by atoms with Crippen LogP contribution in [-0.4, -0.2) is 24.1 Å². The maximum absolute atomic E-state index is 5.36. The summed E-state index contributed by atoms with van der Waals surface area (Å²) in [5.74, 6) is 1.42. The molecule has 152 valence electrons. The lowest BCUT2D eigenvalue weighted by atomic mass is 9.59. The zero-order valence-electron chi connectivity index (χ0n) is 19.1. The van der Waals surface area contributed by atoms with Crippen LogP contribution in [0.4, 0.5) is 0 Å². The Balaban J connectivity index is 1.60. The minimum atomic E-state index is 0.202. The van der Waals surface area contributed by atoms with Crippen molar-refractivity contribution in [1.82, 2.24) is 9.55 Å². The Morgan fingerprint density at radius 2 is 1.61 bits per heavy atom. The monoisotopic (exact) mass is 378 g/mol. The minimum absolute atomic E-state index is 0.202. The Kier molecular flexibility index (Phi) is 5.80. The molecule has 2 radical (unpaired) electrons. The SMILES string of the molecule is CC(C)n1c([B]C2CCCCCCCCC2)nc2c1CCC1(C(C)C)[B]C21C. The summed E-state index contributed by atoms with van der Waals surface area (Å²) < 4.78 is 2.59. The molecule has 2 heterocycles. The molecule has 0 spiro atoms. The van der Waals surface area contributed by atoms with Gasteiger partial charge in [-0.05, 0) is 37.9 Å². The van der Waals surface area contributed by atoms with E-state index in [1.54, 1.807) is 0 Å². The molecule has 0 amide bonds. The topological polar surface area (TPSA) is 17.8 Å². The van der Waals surface area contributed by atoms with Crippen LogP contribution in [0, 0.1) is 5.92 Å². The lowest BCUT2D eigenvalue weighted by Gasteiger charge is -2.33. The number of hydrogen-bond acceptors (Lipinski definition) is 1. The first-order valence-corrected chi connectivity index (χ1v) is 12.2. The van der Waals surface area contributed by atoms with Crippen molar-refractivity contribution in [1.29, 1.82) is 0 Å². The van der Waals surface area contributed by atoms with Gasteiger partial charge in [0.25, 0.3) is 0 Å². The molecule has 1 aliphatic heterocycles. The van der Waals surface area contributed by atoms with E-state index in [1.165, 1.54) is 87.7 Å². The molecule has 2 nitrogen and oxygen atoms in total. The summed E-state index contributed by atoms with van der Waals surface area (Å²) in [5.41, 5.74) is 4.23. The first-order valence-electron chi connectivity index (χ1n) is 12.2. The van der Waals surface area contributed by atoms with Crippen molar-refractivity contribution in [3.05, 3.63) is 11.4 Å². The van der Waals surface area contributed by atoms with Gasteiger partial charge in [-0.2, -0.15) is 0 Å². The van der Waals surface area contributed by atoms with E-state index < -0.39 is 0 Å². The highest BCUT2D eigenvalue weighted by Gasteiger charge is 2.69. The minimum Gasteiger partial charge on any atom is -0.338 e. The Hall–Kier alpha value is -0.660. The lowest BCUT2D eigenvalue weighted by molar-refractivity contribution is 0.356. The maximum Gasteiger partial charge on any atom is 0.205 e. The van der Waals surface area contributed by atoms with Gasteiger partial charge >= 0.3 is 0 Å². The fraction of sp³-hybridized carbons (Fsp3) is 0.875. The molecule has 0 bridgehead atoms. The van der Waals surface area contributed by atoms with E-state index in [0.29, 0.717) is 23.1 Å². The number of fused-ring (bicyclic) bond motifs is 3. The van der Waals surface area contributed by atoms with Crippen molar-refractivity contribution < 1.29 is 0 Å². The van der Waals surface area contributed by atoms with Gasteiger partial charge in [0.15, 0.2) is 0 Å². The molecule has 1 aromatic rings. The van der Waals surface area contributed by atoms with Crippen LogP contribution in [0.3, 0.4) is 0 Å². The molecule has 2 fully saturated rings.